The van der Waals surface area contributed by atoms with Crippen molar-refractivity contribution < 1.29 is 19.1 Å². The SMILES string of the molecule is O=Cc1ccc(C(=O)NCC(O)c2ccc(Cl)c(F)c2)cc1. The van der Waals surface area contributed by atoms with Crippen LogP contribution >= 0.6 is 11.6 Å². The van der Waals surface area contributed by atoms with E-state index in [1.165, 1.54) is 36.4 Å². The van der Waals surface area contributed by atoms with Gasteiger partial charge in [-0.3, -0.25) is 9.59 Å². The lowest BCUT2D eigenvalue weighted by Crippen LogP contribution is -2.28. The third-order valence-electron chi connectivity index (χ3n) is 3.09. The molecule has 114 valence electrons. The highest BCUT2D eigenvalue weighted by Gasteiger charge is 2.12. The molecule has 0 aliphatic heterocycles. The molecule has 1 atom stereocenters. The van der Waals surface area contributed by atoms with Crippen LogP contribution in [0.25, 0.3) is 0 Å². The van der Waals surface area contributed by atoms with Crippen LogP contribution in [0.1, 0.15) is 32.4 Å². The van der Waals surface area contributed by atoms with Crippen LogP contribution in [0.4, 0.5) is 4.39 Å². The Balaban J connectivity index is 1.97. The van der Waals surface area contributed by atoms with Gasteiger partial charge in [0.2, 0.25) is 0 Å². The number of hydrogen-bond donors (Lipinski definition) is 2. The largest absolute Gasteiger partial charge is 0.387 e. The molecule has 22 heavy (non-hydrogen) atoms. The van der Waals surface area contributed by atoms with E-state index in [4.69, 9.17) is 11.6 Å². The minimum atomic E-state index is -1.05. The van der Waals surface area contributed by atoms with Crippen molar-refractivity contribution in [3.63, 3.8) is 0 Å². The second-order valence-electron chi connectivity index (χ2n) is 4.64. The summed E-state index contributed by atoms with van der Waals surface area (Å²) in [6.45, 7) is -0.0741. The van der Waals surface area contributed by atoms with E-state index in [0.717, 1.165) is 6.07 Å². The molecule has 0 saturated carbocycles. The van der Waals surface area contributed by atoms with E-state index in [1.54, 1.807) is 0 Å². The van der Waals surface area contributed by atoms with Crippen LogP contribution < -0.4 is 5.32 Å². The second-order valence-corrected chi connectivity index (χ2v) is 5.05. The molecule has 0 saturated heterocycles. The summed E-state index contributed by atoms with van der Waals surface area (Å²) < 4.78 is 13.3. The van der Waals surface area contributed by atoms with Crippen LogP contribution in [0.2, 0.25) is 5.02 Å². The molecular weight excluding hydrogens is 309 g/mol. The van der Waals surface area contributed by atoms with E-state index < -0.39 is 17.8 Å². The van der Waals surface area contributed by atoms with Gasteiger partial charge in [0.15, 0.2) is 0 Å². The average Bonchev–Trinajstić information content (AvgIpc) is 2.54. The zero-order valence-corrected chi connectivity index (χ0v) is 12.2. The number of aliphatic hydroxyl groups excluding tert-OH is 1. The van der Waals surface area contributed by atoms with Gasteiger partial charge in [0, 0.05) is 17.7 Å². The van der Waals surface area contributed by atoms with E-state index in [0.29, 0.717) is 23.0 Å². The zero-order valence-electron chi connectivity index (χ0n) is 11.4. The number of hydrogen-bond acceptors (Lipinski definition) is 3. The summed E-state index contributed by atoms with van der Waals surface area (Å²) in [7, 11) is 0. The van der Waals surface area contributed by atoms with Gasteiger partial charge >= 0.3 is 0 Å². The Labute approximate surface area is 131 Å². The zero-order chi connectivity index (χ0) is 16.1. The third-order valence-corrected chi connectivity index (χ3v) is 3.40. The molecule has 2 aromatic carbocycles. The van der Waals surface area contributed by atoms with E-state index in [2.05, 4.69) is 5.32 Å². The van der Waals surface area contributed by atoms with Gasteiger partial charge in [0.1, 0.15) is 12.1 Å². The summed E-state index contributed by atoms with van der Waals surface area (Å²) in [4.78, 5) is 22.4. The van der Waals surface area contributed by atoms with Crippen LogP contribution in [0.3, 0.4) is 0 Å². The van der Waals surface area contributed by atoms with Crippen molar-refractivity contribution in [1.82, 2.24) is 5.32 Å². The van der Waals surface area contributed by atoms with Crippen LogP contribution in [0.15, 0.2) is 42.5 Å². The molecule has 0 fully saturated rings. The summed E-state index contributed by atoms with van der Waals surface area (Å²) in [6.07, 6.45) is -0.370. The summed E-state index contributed by atoms with van der Waals surface area (Å²) in [5.41, 5.74) is 1.15. The van der Waals surface area contributed by atoms with Gasteiger partial charge in [-0.2, -0.15) is 0 Å². The maximum absolute atomic E-state index is 13.3. The minimum absolute atomic E-state index is 0.0322. The number of carbonyl (C=O) groups is 2. The first-order valence-corrected chi connectivity index (χ1v) is 6.85. The van der Waals surface area contributed by atoms with E-state index >= 15 is 0 Å². The first-order chi connectivity index (χ1) is 10.5. The predicted molar refractivity (Wildman–Crippen MR) is 80.5 cm³/mol. The van der Waals surface area contributed by atoms with E-state index in [9.17, 15) is 19.1 Å². The quantitative estimate of drug-likeness (QED) is 0.832. The molecule has 2 rings (SSSR count). The van der Waals surface area contributed by atoms with E-state index in [-0.39, 0.29) is 11.6 Å². The first-order valence-electron chi connectivity index (χ1n) is 6.47. The van der Waals surface area contributed by atoms with Crippen molar-refractivity contribution in [2.75, 3.05) is 6.54 Å². The maximum Gasteiger partial charge on any atom is 0.251 e. The van der Waals surface area contributed by atoms with Gasteiger partial charge in [-0.05, 0) is 29.8 Å². The highest BCUT2D eigenvalue weighted by atomic mass is 35.5. The van der Waals surface area contributed by atoms with Crippen LogP contribution in [-0.2, 0) is 0 Å². The summed E-state index contributed by atoms with van der Waals surface area (Å²) in [5.74, 6) is -1.03. The third kappa shape index (κ3) is 3.90. The van der Waals surface area contributed by atoms with Gasteiger partial charge in [-0.25, -0.2) is 4.39 Å². The molecule has 0 aromatic heterocycles. The van der Waals surface area contributed by atoms with Gasteiger partial charge in [0.25, 0.3) is 5.91 Å². The fourth-order valence-electron chi connectivity index (χ4n) is 1.84. The number of carbonyl (C=O) groups excluding carboxylic acids is 2. The predicted octanol–water partition coefficient (Wildman–Crippen LogP) is 2.76. The molecule has 0 bridgehead atoms. The molecule has 0 spiro atoms. The van der Waals surface area contributed by atoms with Crippen molar-refractivity contribution in [2.24, 2.45) is 0 Å². The molecule has 6 heteroatoms. The van der Waals surface area contributed by atoms with Crippen molar-refractivity contribution in [3.05, 3.63) is 70.0 Å². The monoisotopic (exact) mass is 321 g/mol. The summed E-state index contributed by atoms with van der Waals surface area (Å²) in [5, 5.41) is 12.4. The Morgan fingerprint density at radius 3 is 2.55 bits per heavy atom. The van der Waals surface area contributed by atoms with Crippen LogP contribution in [0.5, 0.6) is 0 Å². The lowest BCUT2D eigenvalue weighted by Gasteiger charge is -2.13. The van der Waals surface area contributed by atoms with Gasteiger partial charge in [-0.15, -0.1) is 0 Å². The molecule has 4 nitrogen and oxygen atoms in total. The molecular formula is C16H13ClFNO3. The highest BCUT2D eigenvalue weighted by Crippen LogP contribution is 2.20. The average molecular weight is 322 g/mol. The Bertz CT molecular complexity index is 688. The smallest absolute Gasteiger partial charge is 0.251 e. The molecule has 1 unspecified atom stereocenters. The van der Waals surface area contributed by atoms with Gasteiger partial charge in [0.05, 0.1) is 11.1 Å². The molecule has 0 radical (unpaired) electrons. The first kappa shape index (κ1) is 16.1. The Hall–Kier alpha value is -2.24. The number of halogens is 2. The number of nitrogens with one attached hydrogen (secondary N) is 1. The van der Waals surface area contributed by atoms with E-state index in [1.807, 2.05) is 0 Å². The maximum atomic E-state index is 13.3. The Morgan fingerprint density at radius 1 is 1.27 bits per heavy atom. The fourth-order valence-corrected chi connectivity index (χ4v) is 1.96. The number of aldehydes is 1. The molecule has 0 aliphatic rings. The fraction of sp³-hybridized carbons (Fsp3) is 0.125. The summed E-state index contributed by atoms with van der Waals surface area (Å²) >= 11 is 5.57. The minimum Gasteiger partial charge on any atom is -0.387 e. The molecule has 2 aromatic rings. The van der Waals surface area contributed by atoms with Crippen LogP contribution in [-0.4, -0.2) is 23.8 Å². The van der Waals surface area contributed by atoms with Crippen molar-refractivity contribution in [1.29, 1.82) is 0 Å². The molecule has 1 amide bonds. The number of aliphatic hydroxyl groups is 1. The van der Waals surface area contributed by atoms with Crippen molar-refractivity contribution in [3.8, 4) is 0 Å². The standard InChI is InChI=1S/C16H13ClFNO3/c17-13-6-5-12(7-14(13)18)15(21)8-19-16(22)11-3-1-10(9-20)2-4-11/h1-7,9,15,21H,8H2,(H,19,22). The normalized spacial score (nSPS) is 11.8. The topological polar surface area (TPSA) is 66.4 Å². The number of rotatable bonds is 5. The van der Waals surface area contributed by atoms with Crippen LogP contribution in [0, 0.1) is 5.82 Å². The second kappa shape index (κ2) is 7.15. The lowest BCUT2D eigenvalue weighted by atomic mass is 10.1. The molecule has 0 heterocycles. The highest BCUT2D eigenvalue weighted by molar-refractivity contribution is 6.30. The Kier molecular flexibility index (Phi) is 5.25. The van der Waals surface area contributed by atoms with Crippen molar-refractivity contribution in [2.45, 2.75) is 6.10 Å². The molecule has 0 aliphatic carbocycles. The van der Waals surface area contributed by atoms with Crippen molar-refractivity contribution >= 4 is 23.8 Å². The number of amides is 1. The Morgan fingerprint density at radius 2 is 1.95 bits per heavy atom. The van der Waals surface area contributed by atoms with Gasteiger partial charge in [-0.1, -0.05) is 29.8 Å². The number of benzene rings is 2. The summed E-state index contributed by atoms with van der Waals surface area (Å²) in [6, 6.07) is 10.0. The lowest BCUT2D eigenvalue weighted by molar-refractivity contribution is 0.0915. The van der Waals surface area contributed by atoms with Gasteiger partial charge < -0.3 is 10.4 Å². The molecule has 2 N–H and O–H groups in total.